The maximum absolute atomic E-state index is 13.3. The molecular formula is C25H31N5O. The molecule has 0 saturated carbocycles. The number of rotatable bonds is 7. The quantitative estimate of drug-likeness (QED) is 0.693. The Morgan fingerprint density at radius 3 is 2.61 bits per heavy atom. The molecule has 31 heavy (non-hydrogen) atoms. The fourth-order valence-electron chi connectivity index (χ4n) is 4.75. The van der Waals surface area contributed by atoms with Gasteiger partial charge >= 0.3 is 0 Å². The number of aromatic nitrogens is 1. The van der Waals surface area contributed by atoms with Crippen LogP contribution in [0, 0.1) is 11.3 Å². The summed E-state index contributed by atoms with van der Waals surface area (Å²) in [7, 11) is 0. The Morgan fingerprint density at radius 2 is 1.90 bits per heavy atom. The zero-order chi connectivity index (χ0) is 21.5. The van der Waals surface area contributed by atoms with Crippen LogP contribution >= 0.6 is 0 Å². The highest BCUT2D eigenvalue weighted by molar-refractivity contribution is 5.94. The van der Waals surface area contributed by atoms with E-state index in [1.54, 1.807) is 12.4 Å². The minimum atomic E-state index is 0.104. The second-order valence-electron chi connectivity index (χ2n) is 8.61. The number of piperidine rings is 1. The summed E-state index contributed by atoms with van der Waals surface area (Å²) < 4.78 is 0. The molecule has 0 atom stereocenters. The van der Waals surface area contributed by atoms with Gasteiger partial charge in [-0.1, -0.05) is 12.1 Å². The largest absolute Gasteiger partial charge is 0.334 e. The first-order valence-electron chi connectivity index (χ1n) is 11.4. The molecule has 2 saturated heterocycles. The normalized spacial score (nSPS) is 18.0. The van der Waals surface area contributed by atoms with Gasteiger partial charge in [-0.2, -0.15) is 5.26 Å². The van der Waals surface area contributed by atoms with Crippen molar-refractivity contribution in [1.29, 1.82) is 5.26 Å². The third-order valence-electron chi connectivity index (χ3n) is 6.49. The summed E-state index contributed by atoms with van der Waals surface area (Å²) in [6, 6.07) is 14.0. The van der Waals surface area contributed by atoms with Gasteiger partial charge in [-0.15, -0.1) is 0 Å². The summed E-state index contributed by atoms with van der Waals surface area (Å²) >= 11 is 0. The molecule has 1 amide bonds. The van der Waals surface area contributed by atoms with Crippen molar-refractivity contribution in [2.75, 3.05) is 39.3 Å². The minimum Gasteiger partial charge on any atom is -0.334 e. The average Bonchev–Trinajstić information content (AvgIpc) is 3.34. The Morgan fingerprint density at radius 1 is 1.10 bits per heavy atom. The maximum atomic E-state index is 13.3. The molecule has 0 N–H and O–H groups in total. The zero-order valence-electron chi connectivity index (χ0n) is 18.1. The first-order chi connectivity index (χ1) is 15.2. The van der Waals surface area contributed by atoms with Crippen LogP contribution in [0.3, 0.4) is 0 Å². The molecule has 2 fully saturated rings. The summed E-state index contributed by atoms with van der Waals surface area (Å²) in [4.78, 5) is 24.5. The van der Waals surface area contributed by atoms with Crippen molar-refractivity contribution < 1.29 is 4.79 Å². The predicted molar refractivity (Wildman–Crippen MR) is 120 cm³/mol. The van der Waals surface area contributed by atoms with Gasteiger partial charge < -0.3 is 9.80 Å². The molecule has 0 spiro atoms. The smallest absolute Gasteiger partial charge is 0.255 e. The predicted octanol–water partition coefficient (Wildman–Crippen LogP) is 3.16. The molecule has 6 nitrogen and oxygen atoms in total. The highest BCUT2D eigenvalue weighted by Crippen LogP contribution is 2.21. The number of amides is 1. The first-order valence-corrected chi connectivity index (χ1v) is 11.4. The highest BCUT2D eigenvalue weighted by atomic mass is 16.2. The number of nitrogens with zero attached hydrogens (tertiary/aromatic N) is 5. The molecule has 0 bridgehead atoms. The summed E-state index contributed by atoms with van der Waals surface area (Å²) in [6.45, 7) is 6.80. The molecule has 2 aliphatic rings. The van der Waals surface area contributed by atoms with Gasteiger partial charge in [0.05, 0.1) is 17.2 Å². The van der Waals surface area contributed by atoms with E-state index in [1.165, 1.54) is 18.4 Å². The monoisotopic (exact) mass is 417 g/mol. The SMILES string of the molecule is N#Cc1cccc(CN2CCC(N(CCN3CCCC3)C(=O)c3cccnc3)CC2)c1. The van der Waals surface area contributed by atoms with Gasteiger partial charge in [0.25, 0.3) is 5.91 Å². The second-order valence-corrected chi connectivity index (χ2v) is 8.61. The highest BCUT2D eigenvalue weighted by Gasteiger charge is 2.29. The Labute approximate surface area is 185 Å². The van der Waals surface area contributed by atoms with E-state index in [1.807, 2.05) is 30.3 Å². The number of hydrogen-bond acceptors (Lipinski definition) is 5. The van der Waals surface area contributed by atoms with Crippen LogP contribution in [-0.2, 0) is 6.54 Å². The molecule has 3 heterocycles. The molecule has 0 unspecified atom stereocenters. The van der Waals surface area contributed by atoms with Crippen molar-refractivity contribution >= 4 is 5.91 Å². The van der Waals surface area contributed by atoms with E-state index in [2.05, 4.69) is 31.8 Å². The standard InChI is InChI=1S/C25H31N5O/c26-18-21-5-3-6-22(17-21)20-29-13-8-24(9-14-29)30(16-15-28-11-1-2-12-28)25(31)23-7-4-10-27-19-23/h3-7,10,17,19,24H,1-2,8-9,11-16,20H2. The van der Waals surface area contributed by atoms with Crippen LogP contribution in [-0.4, -0.2) is 70.9 Å². The molecule has 6 heteroatoms. The number of nitriles is 1. The molecule has 4 rings (SSSR count). The van der Waals surface area contributed by atoms with Crippen LogP contribution in [0.5, 0.6) is 0 Å². The van der Waals surface area contributed by atoms with Crippen LogP contribution in [0.15, 0.2) is 48.8 Å². The van der Waals surface area contributed by atoms with E-state index < -0.39 is 0 Å². The van der Waals surface area contributed by atoms with Gasteiger partial charge in [-0.05, 0) is 68.6 Å². The molecular weight excluding hydrogens is 386 g/mol. The molecule has 0 aliphatic carbocycles. The molecule has 1 aromatic heterocycles. The first kappa shape index (κ1) is 21.5. The fourth-order valence-corrected chi connectivity index (χ4v) is 4.75. The summed E-state index contributed by atoms with van der Waals surface area (Å²) in [5.74, 6) is 0.104. The lowest BCUT2D eigenvalue weighted by molar-refractivity contribution is 0.0541. The van der Waals surface area contributed by atoms with Crippen molar-refractivity contribution in [3.63, 3.8) is 0 Å². The third kappa shape index (κ3) is 5.69. The lowest BCUT2D eigenvalue weighted by Gasteiger charge is -2.39. The van der Waals surface area contributed by atoms with Crippen molar-refractivity contribution in [3.05, 3.63) is 65.5 Å². The van der Waals surface area contributed by atoms with Gasteiger partial charge in [-0.25, -0.2) is 0 Å². The van der Waals surface area contributed by atoms with Crippen LogP contribution in [0.1, 0.15) is 47.2 Å². The Bertz CT molecular complexity index is 896. The Kier molecular flexibility index (Phi) is 7.29. The molecule has 162 valence electrons. The van der Waals surface area contributed by atoms with Crippen LogP contribution in [0.2, 0.25) is 0 Å². The van der Waals surface area contributed by atoms with Crippen molar-refractivity contribution in [2.24, 2.45) is 0 Å². The minimum absolute atomic E-state index is 0.104. The summed E-state index contributed by atoms with van der Waals surface area (Å²) in [6.07, 6.45) is 7.88. The molecule has 2 aliphatic heterocycles. The molecule has 0 radical (unpaired) electrons. The van der Waals surface area contributed by atoms with Crippen LogP contribution in [0.4, 0.5) is 0 Å². The summed E-state index contributed by atoms with van der Waals surface area (Å²) in [5, 5.41) is 9.13. The Balaban J connectivity index is 1.38. The lowest BCUT2D eigenvalue weighted by Crippen LogP contribution is -2.49. The van der Waals surface area contributed by atoms with Gasteiger partial charge in [-0.3, -0.25) is 14.7 Å². The van der Waals surface area contributed by atoms with E-state index in [0.717, 1.165) is 58.7 Å². The van der Waals surface area contributed by atoms with Crippen LogP contribution < -0.4 is 0 Å². The zero-order valence-corrected chi connectivity index (χ0v) is 18.1. The second kappa shape index (κ2) is 10.5. The third-order valence-corrected chi connectivity index (χ3v) is 6.49. The van der Waals surface area contributed by atoms with Gasteiger partial charge in [0, 0.05) is 51.2 Å². The molecule has 1 aromatic carbocycles. The van der Waals surface area contributed by atoms with Gasteiger partial charge in [0.15, 0.2) is 0 Å². The van der Waals surface area contributed by atoms with Gasteiger partial charge in [0.1, 0.15) is 0 Å². The fraction of sp³-hybridized carbons (Fsp3) is 0.480. The number of carbonyl (C=O) groups is 1. The summed E-state index contributed by atoms with van der Waals surface area (Å²) in [5.41, 5.74) is 2.57. The van der Waals surface area contributed by atoms with Crippen molar-refractivity contribution in [2.45, 2.75) is 38.3 Å². The van der Waals surface area contributed by atoms with E-state index >= 15 is 0 Å². The van der Waals surface area contributed by atoms with E-state index in [-0.39, 0.29) is 11.9 Å². The van der Waals surface area contributed by atoms with E-state index in [0.29, 0.717) is 11.1 Å². The number of benzene rings is 1. The van der Waals surface area contributed by atoms with E-state index in [9.17, 15) is 4.79 Å². The number of carbonyl (C=O) groups excluding carboxylic acids is 1. The Hall–Kier alpha value is -2.75. The van der Waals surface area contributed by atoms with Crippen molar-refractivity contribution in [1.82, 2.24) is 19.7 Å². The lowest BCUT2D eigenvalue weighted by atomic mass is 10.0. The number of pyridine rings is 1. The topological polar surface area (TPSA) is 63.5 Å². The van der Waals surface area contributed by atoms with Crippen LogP contribution in [0.25, 0.3) is 0 Å². The molecule has 2 aromatic rings. The van der Waals surface area contributed by atoms with Gasteiger partial charge in [0.2, 0.25) is 0 Å². The van der Waals surface area contributed by atoms with E-state index in [4.69, 9.17) is 5.26 Å². The average molecular weight is 418 g/mol. The number of likely N-dealkylation sites (tertiary alicyclic amines) is 2. The number of hydrogen-bond donors (Lipinski definition) is 0. The maximum Gasteiger partial charge on any atom is 0.255 e. The van der Waals surface area contributed by atoms with Crippen molar-refractivity contribution in [3.8, 4) is 6.07 Å².